The van der Waals surface area contributed by atoms with E-state index in [1.807, 2.05) is 36.4 Å². The first-order valence-corrected chi connectivity index (χ1v) is 13.2. The third-order valence-electron chi connectivity index (χ3n) is 7.70. The topological polar surface area (TPSA) is 125 Å². The molecule has 0 radical (unpaired) electrons. The van der Waals surface area contributed by atoms with E-state index in [9.17, 15) is 14.7 Å². The van der Waals surface area contributed by atoms with Gasteiger partial charge in [-0.15, -0.1) is 0 Å². The van der Waals surface area contributed by atoms with Gasteiger partial charge in [0.25, 0.3) is 0 Å². The molecule has 2 saturated heterocycles. The van der Waals surface area contributed by atoms with Crippen molar-refractivity contribution in [2.75, 3.05) is 31.9 Å². The molecule has 202 valence electrons. The van der Waals surface area contributed by atoms with Crippen molar-refractivity contribution in [1.82, 2.24) is 5.32 Å². The average Bonchev–Trinajstić information content (AvgIpc) is 3.56. The molecule has 2 aromatic carbocycles. The normalized spacial score (nSPS) is 25.7. The van der Waals surface area contributed by atoms with E-state index < -0.39 is 6.10 Å². The van der Waals surface area contributed by atoms with Crippen LogP contribution in [0.1, 0.15) is 42.7 Å². The molecule has 4 heterocycles. The van der Waals surface area contributed by atoms with Crippen molar-refractivity contribution in [2.24, 2.45) is 5.92 Å². The SMILES string of the molecule is O=C(C[C@H]1C[C@H]2c3cc(NC(=O)C4CCOCC4)ccc3O[C@H]2[C@@H](CO)O1)NCc1ccc2c(c1)OCO2. The van der Waals surface area contributed by atoms with E-state index in [1.165, 1.54) is 0 Å². The molecule has 0 aromatic heterocycles. The molecule has 4 aliphatic rings. The Hall–Kier alpha value is -3.34. The van der Waals surface area contributed by atoms with Gasteiger partial charge in [-0.1, -0.05) is 6.07 Å². The van der Waals surface area contributed by atoms with Crippen LogP contribution in [-0.4, -0.2) is 61.8 Å². The summed E-state index contributed by atoms with van der Waals surface area (Å²) in [6.07, 6.45) is 0.914. The van der Waals surface area contributed by atoms with Crippen molar-refractivity contribution < 1.29 is 38.4 Å². The quantitative estimate of drug-likeness (QED) is 0.505. The lowest BCUT2D eigenvalue weighted by Crippen LogP contribution is -2.47. The number of amides is 2. The molecule has 0 unspecified atom stereocenters. The zero-order valence-corrected chi connectivity index (χ0v) is 21.0. The van der Waals surface area contributed by atoms with Crippen molar-refractivity contribution in [3.8, 4) is 17.2 Å². The number of carbonyl (C=O) groups excluding carboxylic acids is 2. The number of hydrogen-bond acceptors (Lipinski definition) is 8. The molecule has 4 aliphatic heterocycles. The highest BCUT2D eigenvalue weighted by Gasteiger charge is 2.46. The Bertz CT molecular complexity index is 1200. The monoisotopic (exact) mass is 524 g/mol. The number of benzene rings is 2. The van der Waals surface area contributed by atoms with E-state index in [4.69, 9.17) is 23.7 Å². The Morgan fingerprint density at radius 3 is 2.66 bits per heavy atom. The van der Waals surface area contributed by atoms with Crippen LogP contribution in [0.4, 0.5) is 5.69 Å². The van der Waals surface area contributed by atoms with Gasteiger partial charge in [-0.05, 0) is 55.2 Å². The number of anilines is 1. The van der Waals surface area contributed by atoms with E-state index in [0.717, 1.165) is 35.4 Å². The van der Waals surface area contributed by atoms with Crippen LogP contribution >= 0.6 is 0 Å². The number of ether oxygens (including phenoxy) is 5. The first-order valence-electron chi connectivity index (χ1n) is 13.2. The standard InChI is InChI=1S/C28H32N2O8/c31-14-25-27-21(20-10-18(2-4-22(20)38-27)30-28(33)17-5-7-34-8-6-17)11-19(37-25)12-26(32)29-13-16-1-3-23-24(9-16)36-15-35-23/h1-4,9-10,17,19,21,25,27,31H,5-8,11-15H2,(H,29,32)(H,30,33)/t19-,21+,25-,27-/m1/s1. The third kappa shape index (κ3) is 5.16. The second-order valence-corrected chi connectivity index (χ2v) is 10.2. The van der Waals surface area contributed by atoms with Crippen molar-refractivity contribution in [3.05, 3.63) is 47.5 Å². The van der Waals surface area contributed by atoms with Gasteiger partial charge < -0.3 is 39.4 Å². The molecular weight excluding hydrogens is 492 g/mol. The molecule has 2 aromatic rings. The molecule has 2 amide bonds. The van der Waals surface area contributed by atoms with Gasteiger partial charge in [0.15, 0.2) is 11.5 Å². The molecule has 2 fully saturated rings. The highest BCUT2D eigenvalue weighted by molar-refractivity contribution is 5.92. The van der Waals surface area contributed by atoms with E-state index >= 15 is 0 Å². The highest BCUT2D eigenvalue weighted by atomic mass is 16.7. The van der Waals surface area contributed by atoms with Crippen molar-refractivity contribution in [1.29, 1.82) is 0 Å². The van der Waals surface area contributed by atoms with Gasteiger partial charge in [-0.3, -0.25) is 9.59 Å². The molecule has 0 spiro atoms. The van der Waals surface area contributed by atoms with Crippen LogP contribution in [0.3, 0.4) is 0 Å². The summed E-state index contributed by atoms with van der Waals surface area (Å²) in [6, 6.07) is 11.2. The Morgan fingerprint density at radius 2 is 1.82 bits per heavy atom. The molecule has 38 heavy (non-hydrogen) atoms. The van der Waals surface area contributed by atoms with Crippen molar-refractivity contribution in [3.63, 3.8) is 0 Å². The summed E-state index contributed by atoms with van der Waals surface area (Å²) < 4.78 is 28.3. The predicted molar refractivity (Wildman–Crippen MR) is 135 cm³/mol. The molecule has 3 N–H and O–H groups in total. The van der Waals surface area contributed by atoms with Crippen LogP contribution in [0.25, 0.3) is 0 Å². The lowest BCUT2D eigenvalue weighted by molar-refractivity contribution is -0.142. The third-order valence-corrected chi connectivity index (χ3v) is 7.70. The number of rotatable bonds is 7. The largest absolute Gasteiger partial charge is 0.487 e. The molecule has 10 heteroatoms. The molecular formula is C28H32N2O8. The zero-order valence-electron chi connectivity index (χ0n) is 21.0. The van der Waals surface area contributed by atoms with Crippen LogP contribution in [0.5, 0.6) is 17.2 Å². The molecule has 6 rings (SSSR count). The predicted octanol–water partition coefficient (Wildman–Crippen LogP) is 2.48. The fourth-order valence-electron chi connectivity index (χ4n) is 5.70. The van der Waals surface area contributed by atoms with Gasteiger partial charge in [0.2, 0.25) is 18.6 Å². The molecule has 4 atom stereocenters. The van der Waals surface area contributed by atoms with Crippen molar-refractivity contribution >= 4 is 17.5 Å². The number of aliphatic hydroxyl groups is 1. The first-order chi connectivity index (χ1) is 18.6. The van der Waals surface area contributed by atoms with E-state index in [0.29, 0.717) is 37.7 Å². The Morgan fingerprint density at radius 1 is 1.00 bits per heavy atom. The zero-order chi connectivity index (χ0) is 26.1. The maximum Gasteiger partial charge on any atom is 0.231 e. The fraction of sp³-hybridized carbons (Fsp3) is 0.500. The molecule has 0 saturated carbocycles. The Labute approximate surface area is 220 Å². The Kier molecular flexibility index (Phi) is 7.10. The second kappa shape index (κ2) is 10.8. The number of nitrogens with one attached hydrogen (secondary N) is 2. The van der Waals surface area contributed by atoms with E-state index in [1.54, 1.807) is 0 Å². The summed E-state index contributed by atoms with van der Waals surface area (Å²) in [7, 11) is 0. The minimum atomic E-state index is -0.548. The van der Waals surface area contributed by atoms with Crippen LogP contribution in [0, 0.1) is 5.92 Å². The summed E-state index contributed by atoms with van der Waals surface area (Å²) in [6.45, 7) is 1.56. The fourth-order valence-corrected chi connectivity index (χ4v) is 5.70. The van der Waals surface area contributed by atoms with Crippen LogP contribution in [-0.2, 0) is 25.6 Å². The molecule has 0 aliphatic carbocycles. The van der Waals surface area contributed by atoms with E-state index in [-0.39, 0.29) is 55.7 Å². The average molecular weight is 525 g/mol. The van der Waals surface area contributed by atoms with Crippen molar-refractivity contribution in [2.45, 2.75) is 56.5 Å². The van der Waals surface area contributed by atoms with Crippen LogP contribution in [0.2, 0.25) is 0 Å². The summed E-state index contributed by atoms with van der Waals surface area (Å²) in [5.74, 6) is 1.85. The minimum absolute atomic E-state index is 0.000865. The van der Waals surface area contributed by atoms with Crippen LogP contribution < -0.4 is 24.8 Å². The lowest BCUT2D eigenvalue weighted by atomic mass is 9.84. The number of hydrogen-bond donors (Lipinski definition) is 3. The highest BCUT2D eigenvalue weighted by Crippen LogP contribution is 2.47. The van der Waals surface area contributed by atoms with Gasteiger partial charge in [-0.2, -0.15) is 0 Å². The molecule has 0 bridgehead atoms. The van der Waals surface area contributed by atoms with E-state index in [2.05, 4.69) is 10.6 Å². The second-order valence-electron chi connectivity index (χ2n) is 10.2. The van der Waals surface area contributed by atoms with Gasteiger partial charge in [-0.25, -0.2) is 0 Å². The smallest absolute Gasteiger partial charge is 0.231 e. The summed E-state index contributed by atoms with van der Waals surface area (Å²) in [5.41, 5.74) is 2.59. The number of fused-ring (bicyclic) bond motifs is 4. The van der Waals surface area contributed by atoms with Gasteiger partial charge in [0.1, 0.15) is 18.0 Å². The Balaban J connectivity index is 1.09. The summed E-state index contributed by atoms with van der Waals surface area (Å²) in [5, 5.41) is 16.0. The first kappa shape index (κ1) is 25.0. The number of carbonyl (C=O) groups is 2. The maximum absolute atomic E-state index is 12.8. The summed E-state index contributed by atoms with van der Waals surface area (Å²) >= 11 is 0. The minimum Gasteiger partial charge on any atom is -0.487 e. The summed E-state index contributed by atoms with van der Waals surface area (Å²) in [4.78, 5) is 25.5. The van der Waals surface area contributed by atoms with Gasteiger partial charge in [0.05, 0.1) is 19.1 Å². The van der Waals surface area contributed by atoms with Crippen LogP contribution in [0.15, 0.2) is 36.4 Å². The number of aliphatic hydroxyl groups excluding tert-OH is 1. The maximum atomic E-state index is 12.8. The van der Waals surface area contributed by atoms with Gasteiger partial charge in [0, 0.05) is 42.8 Å². The lowest BCUT2D eigenvalue weighted by Gasteiger charge is -2.37. The van der Waals surface area contributed by atoms with Gasteiger partial charge >= 0.3 is 0 Å². The molecule has 10 nitrogen and oxygen atoms in total.